The summed E-state index contributed by atoms with van der Waals surface area (Å²) < 4.78 is 5.45. The van der Waals surface area contributed by atoms with Crippen molar-refractivity contribution >= 4 is 47.1 Å². The highest BCUT2D eigenvalue weighted by molar-refractivity contribution is 6.39. The van der Waals surface area contributed by atoms with Gasteiger partial charge in [0.05, 0.1) is 12.8 Å². The average Bonchev–Trinajstić information content (AvgIpc) is 3.25. The monoisotopic (exact) mass is 473 g/mol. The Labute approximate surface area is 195 Å². The van der Waals surface area contributed by atoms with E-state index in [2.05, 4.69) is 26.5 Å². The summed E-state index contributed by atoms with van der Waals surface area (Å²) in [7, 11) is 0. The van der Waals surface area contributed by atoms with Gasteiger partial charge in [-0.3, -0.25) is 19.2 Å². The molecule has 0 saturated heterocycles. The second-order valence-corrected chi connectivity index (χ2v) is 7.90. The second kappa shape index (κ2) is 11.8. The van der Waals surface area contributed by atoms with Crippen molar-refractivity contribution in [2.75, 3.05) is 5.32 Å². The number of nitrogens with zero attached hydrogens (tertiary/aromatic N) is 1. The maximum Gasteiger partial charge on any atom is 0.329 e. The van der Waals surface area contributed by atoms with Crippen LogP contribution in [0.4, 0.5) is 5.69 Å². The van der Waals surface area contributed by atoms with E-state index in [-0.39, 0.29) is 18.3 Å². The van der Waals surface area contributed by atoms with Crippen molar-refractivity contribution < 1.29 is 23.6 Å². The molecule has 0 bridgehead atoms. The molecular formula is C22H24ClN5O5. The van der Waals surface area contributed by atoms with Crippen molar-refractivity contribution in [2.24, 2.45) is 5.10 Å². The first-order chi connectivity index (χ1) is 15.9. The van der Waals surface area contributed by atoms with Gasteiger partial charge in [-0.15, -0.1) is 0 Å². The summed E-state index contributed by atoms with van der Waals surface area (Å²) >= 11 is 5.84. The number of amides is 4. The van der Waals surface area contributed by atoms with Crippen LogP contribution >= 0.6 is 11.6 Å². The Bertz CT molecular complexity index is 1050. The summed E-state index contributed by atoms with van der Waals surface area (Å²) in [4.78, 5) is 47.6. The Morgan fingerprint density at radius 1 is 1.00 bits per heavy atom. The standard InChI is InChI=1S/C22H24ClN5O5/c23-14-5-4-8-16(11-14)27-20(30)19(29)24-12-17-9-10-18(33-17)13-25-28-22(32)21(31)26-15-6-2-1-3-7-15/h4-5,8-11,13,15H,1-3,6-7,12H2,(H,24,29)(H,26,31)(H,27,30)(H,28,32)/b25-13+. The molecule has 174 valence electrons. The highest BCUT2D eigenvalue weighted by atomic mass is 35.5. The van der Waals surface area contributed by atoms with Crippen LogP contribution in [-0.2, 0) is 25.7 Å². The fourth-order valence-electron chi connectivity index (χ4n) is 3.26. The molecule has 1 aliphatic carbocycles. The van der Waals surface area contributed by atoms with E-state index in [0.717, 1.165) is 32.1 Å². The minimum absolute atomic E-state index is 0.0244. The van der Waals surface area contributed by atoms with Crippen LogP contribution in [0.1, 0.15) is 43.6 Å². The van der Waals surface area contributed by atoms with Crippen molar-refractivity contribution in [3.8, 4) is 0 Å². The summed E-state index contributed by atoms with van der Waals surface area (Å²) in [6.45, 7) is -0.0359. The molecular weight excluding hydrogens is 450 g/mol. The fraction of sp³-hybridized carbons (Fsp3) is 0.318. The molecule has 11 heteroatoms. The van der Waals surface area contributed by atoms with Crippen LogP contribution in [0.15, 0.2) is 45.9 Å². The molecule has 4 N–H and O–H groups in total. The number of hydrazone groups is 1. The normalized spacial score (nSPS) is 14.0. The van der Waals surface area contributed by atoms with E-state index < -0.39 is 23.6 Å². The maximum atomic E-state index is 12.0. The third-order valence-corrected chi connectivity index (χ3v) is 5.13. The van der Waals surface area contributed by atoms with Crippen molar-refractivity contribution in [1.82, 2.24) is 16.1 Å². The van der Waals surface area contributed by atoms with Gasteiger partial charge in [-0.25, -0.2) is 5.43 Å². The summed E-state index contributed by atoms with van der Waals surface area (Å²) in [6.07, 6.45) is 6.19. The Morgan fingerprint density at radius 2 is 1.79 bits per heavy atom. The number of anilines is 1. The molecule has 3 rings (SSSR count). The molecule has 1 heterocycles. The molecule has 10 nitrogen and oxygen atoms in total. The van der Waals surface area contributed by atoms with Crippen LogP contribution in [0.25, 0.3) is 0 Å². The second-order valence-electron chi connectivity index (χ2n) is 7.46. The number of nitrogens with one attached hydrogen (secondary N) is 4. The fourth-order valence-corrected chi connectivity index (χ4v) is 3.45. The summed E-state index contributed by atoms with van der Waals surface area (Å²) in [6, 6.07) is 9.58. The molecule has 33 heavy (non-hydrogen) atoms. The Morgan fingerprint density at radius 3 is 2.55 bits per heavy atom. The first-order valence-corrected chi connectivity index (χ1v) is 10.9. The van der Waals surface area contributed by atoms with Crippen LogP contribution in [-0.4, -0.2) is 35.9 Å². The molecule has 0 radical (unpaired) electrons. The average molecular weight is 474 g/mol. The van der Waals surface area contributed by atoms with Crippen molar-refractivity contribution in [2.45, 2.75) is 44.7 Å². The summed E-state index contributed by atoms with van der Waals surface area (Å²) in [5.41, 5.74) is 2.55. The zero-order valence-corrected chi connectivity index (χ0v) is 18.5. The number of benzene rings is 1. The van der Waals surface area contributed by atoms with E-state index >= 15 is 0 Å². The van der Waals surface area contributed by atoms with Crippen molar-refractivity contribution in [3.63, 3.8) is 0 Å². The number of furan rings is 1. The van der Waals surface area contributed by atoms with Crippen LogP contribution < -0.4 is 21.4 Å². The highest BCUT2D eigenvalue weighted by Crippen LogP contribution is 2.17. The van der Waals surface area contributed by atoms with E-state index in [1.54, 1.807) is 30.3 Å². The number of rotatable bonds is 6. The van der Waals surface area contributed by atoms with E-state index in [9.17, 15) is 19.2 Å². The molecule has 1 fully saturated rings. The number of halogens is 1. The Hall–Kier alpha value is -3.66. The van der Waals surface area contributed by atoms with Crippen molar-refractivity contribution in [3.05, 3.63) is 52.9 Å². The Balaban J connectivity index is 1.40. The third-order valence-electron chi connectivity index (χ3n) is 4.90. The van der Waals surface area contributed by atoms with E-state index in [1.165, 1.54) is 12.3 Å². The van der Waals surface area contributed by atoms with Crippen molar-refractivity contribution in [1.29, 1.82) is 0 Å². The first kappa shape index (κ1) is 24.0. The summed E-state index contributed by atoms with van der Waals surface area (Å²) in [5.74, 6) is -2.63. The van der Waals surface area contributed by atoms with E-state index in [1.807, 2.05) is 0 Å². The lowest BCUT2D eigenvalue weighted by Crippen LogP contribution is -2.44. The third kappa shape index (κ3) is 7.76. The minimum Gasteiger partial charge on any atom is -0.458 e. The molecule has 2 aromatic rings. The highest BCUT2D eigenvalue weighted by Gasteiger charge is 2.20. The van der Waals surface area contributed by atoms with Crippen LogP contribution in [0.2, 0.25) is 5.02 Å². The van der Waals surface area contributed by atoms with Gasteiger partial charge in [0, 0.05) is 16.8 Å². The first-order valence-electron chi connectivity index (χ1n) is 10.5. The van der Waals surface area contributed by atoms with Gasteiger partial charge in [-0.1, -0.05) is 36.9 Å². The number of carbonyl (C=O) groups excluding carboxylic acids is 4. The lowest BCUT2D eigenvalue weighted by Gasteiger charge is -2.22. The molecule has 0 atom stereocenters. The van der Waals surface area contributed by atoms with Gasteiger partial charge in [-0.05, 0) is 43.2 Å². The van der Waals surface area contributed by atoms with Gasteiger partial charge in [0.15, 0.2) is 0 Å². The molecule has 0 aliphatic heterocycles. The molecule has 4 amide bonds. The maximum absolute atomic E-state index is 12.0. The smallest absolute Gasteiger partial charge is 0.329 e. The molecule has 0 spiro atoms. The topological polar surface area (TPSA) is 142 Å². The molecule has 1 aromatic heterocycles. The molecule has 1 aliphatic rings. The zero-order chi connectivity index (χ0) is 23.6. The number of hydrogen-bond acceptors (Lipinski definition) is 6. The molecule has 1 aromatic carbocycles. The Kier molecular flexibility index (Phi) is 8.59. The SMILES string of the molecule is O=C(NCc1ccc(/C=N/NC(=O)C(=O)NC2CCCCC2)o1)C(=O)Nc1cccc(Cl)c1. The number of carbonyl (C=O) groups is 4. The predicted molar refractivity (Wildman–Crippen MR) is 121 cm³/mol. The van der Waals surface area contributed by atoms with Crippen LogP contribution in [0.5, 0.6) is 0 Å². The van der Waals surface area contributed by atoms with Crippen LogP contribution in [0.3, 0.4) is 0 Å². The summed E-state index contributed by atoms with van der Waals surface area (Å²) in [5, 5.41) is 11.7. The molecule has 1 saturated carbocycles. The van der Waals surface area contributed by atoms with Gasteiger partial charge in [0.1, 0.15) is 11.5 Å². The quantitative estimate of drug-likeness (QED) is 0.288. The van der Waals surface area contributed by atoms with E-state index in [4.69, 9.17) is 16.0 Å². The molecule has 0 unspecified atom stereocenters. The van der Waals surface area contributed by atoms with Crippen LogP contribution in [0, 0.1) is 0 Å². The van der Waals surface area contributed by atoms with Gasteiger partial charge in [0.2, 0.25) is 0 Å². The largest absolute Gasteiger partial charge is 0.458 e. The number of hydrogen-bond donors (Lipinski definition) is 4. The lowest BCUT2D eigenvalue weighted by molar-refractivity contribution is -0.139. The zero-order valence-electron chi connectivity index (χ0n) is 17.7. The van der Waals surface area contributed by atoms with Gasteiger partial charge in [0.25, 0.3) is 0 Å². The predicted octanol–water partition coefficient (Wildman–Crippen LogP) is 2.09. The minimum atomic E-state index is -0.860. The van der Waals surface area contributed by atoms with E-state index in [0.29, 0.717) is 16.5 Å². The van der Waals surface area contributed by atoms with Gasteiger partial charge < -0.3 is 20.4 Å². The van der Waals surface area contributed by atoms with Gasteiger partial charge in [-0.2, -0.15) is 5.10 Å². The van der Waals surface area contributed by atoms with Gasteiger partial charge >= 0.3 is 23.6 Å². The lowest BCUT2D eigenvalue weighted by atomic mass is 9.95.